The van der Waals surface area contributed by atoms with Gasteiger partial charge in [0.2, 0.25) is 10.0 Å². The molecule has 0 aliphatic heterocycles. The van der Waals surface area contributed by atoms with Gasteiger partial charge in [-0.15, -0.1) is 0 Å². The first-order valence-electron chi connectivity index (χ1n) is 7.24. The highest BCUT2D eigenvalue weighted by Gasteiger charge is 2.17. The van der Waals surface area contributed by atoms with Crippen molar-refractivity contribution < 1.29 is 17.2 Å². The van der Waals surface area contributed by atoms with Crippen molar-refractivity contribution in [3.8, 4) is 11.3 Å². The summed E-state index contributed by atoms with van der Waals surface area (Å²) < 4.78 is 54.8. The Kier molecular flexibility index (Phi) is 4.60. The third-order valence-corrected chi connectivity index (χ3v) is 4.92. The molecule has 3 aromatic rings. The number of hydrogen-bond acceptors (Lipinski definition) is 4. The number of pyridine rings is 1. The fourth-order valence-electron chi connectivity index (χ4n) is 2.28. The van der Waals surface area contributed by atoms with E-state index in [0.29, 0.717) is 17.3 Å². The largest absolute Gasteiger partial charge is 0.275 e. The van der Waals surface area contributed by atoms with Crippen molar-refractivity contribution in [2.24, 2.45) is 7.05 Å². The minimum absolute atomic E-state index is 0.0562. The van der Waals surface area contributed by atoms with Crippen molar-refractivity contribution in [1.82, 2.24) is 19.5 Å². The monoisotopic (exact) mass is 364 g/mol. The molecule has 2 heterocycles. The van der Waals surface area contributed by atoms with Crippen LogP contribution in [0.5, 0.6) is 0 Å². The van der Waals surface area contributed by atoms with E-state index in [2.05, 4.69) is 14.8 Å². The summed E-state index contributed by atoms with van der Waals surface area (Å²) in [5, 5.41) is 4.07. The molecular weight excluding hydrogens is 350 g/mol. The quantitative estimate of drug-likeness (QED) is 0.753. The van der Waals surface area contributed by atoms with Gasteiger partial charge in [-0.1, -0.05) is 6.07 Å². The SMILES string of the molecule is Cn1cc(-c2ncccc2CNS(=O)(=O)c2ccc(F)c(F)c2)cn1. The van der Waals surface area contributed by atoms with Crippen molar-refractivity contribution in [3.63, 3.8) is 0 Å². The predicted octanol–water partition coefficient (Wildman–Crippen LogP) is 2.24. The molecule has 0 radical (unpaired) electrons. The lowest BCUT2D eigenvalue weighted by atomic mass is 10.1. The number of halogens is 2. The van der Waals surface area contributed by atoms with Gasteiger partial charge in [-0.25, -0.2) is 21.9 Å². The molecule has 0 bridgehead atoms. The lowest BCUT2D eigenvalue weighted by Crippen LogP contribution is -2.24. The zero-order chi connectivity index (χ0) is 18.0. The van der Waals surface area contributed by atoms with Gasteiger partial charge in [0.15, 0.2) is 11.6 Å². The summed E-state index contributed by atoms with van der Waals surface area (Å²) in [4.78, 5) is 3.91. The molecular formula is C16H14F2N4O2S. The molecule has 0 spiro atoms. The smallest absolute Gasteiger partial charge is 0.240 e. The van der Waals surface area contributed by atoms with Gasteiger partial charge >= 0.3 is 0 Å². The fourth-order valence-corrected chi connectivity index (χ4v) is 3.30. The standard InChI is InChI=1S/C16H14F2N4O2S/c1-22-10-12(8-20-22)16-11(3-2-6-19-16)9-21-25(23,24)13-4-5-14(17)15(18)7-13/h2-8,10,21H,9H2,1H3. The summed E-state index contributed by atoms with van der Waals surface area (Å²) in [6, 6.07) is 5.83. The Morgan fingerprint density at radius 3 is 2.68 bits per heavy atom. The Hall–Kier alpha value is -2.65. The number of hydrogen-bond donors (Lipinski definition) is 1. The number of sulfonamides is 1. The van der Waals surface area contributed by atoms with Crippen molar-refractivity contribution in [3.05, 3.63) is 66.1 Å². The maximum Gasteiger partial charge on any atom is 0.240 e. The number of aromatic nitrogens is 3. The van der Waals surface area contributed by atoms with Crippen molar-refractivity contribution >= 4 is 10.0 Å². The molecule has 3 rings (SSSR count). The second-order valence-corrected chi connectivity index (χ2v) is 7.08. The van der Waals surface area contributed by atoms with E-state index in [4.69, 9.17) is 0 Å². The first kappa shape index (κ1) is 17.2. The summed E-state index contributed by atoms with van der Waals surface area (Å²) in [5.74, 6) is -2.33. The molecule has 2 aromatic heterocycles. The third-order valence-electron chi connectivity index (χ3n) is 3.52. The van der Waals surface area contributed by atoms with Crippen LogP contribution in [0.3, 0.4) is 0 Å². The first-order valence-corrected chi connectivity index (χ1v) is 8.73. The van der Waals surface area contributed by atoms with Gasteiger partial charge in [0.05, 0.1) is 16.8 Å². The number of benzene rings is 1. The minimum atomic E-state index is -4.00. The second kappa shape index (κ2) is 6.69. The number of nitrogens with zero attached hydrogens (tertiary/aromatic N) is 3. The Labute approximate surface area is 143 Å². The molecule has 0 unspecified atom stereocenters. The second-order valence-electron chi connectivity index (χ2n) is 5.31. The molecule has 0 aliphatic carbocycles. The number of nitrogens with one attached hydrogen (secondary N) is 1. The van der Waals surface area contributed by atoms with Gasteiger partial charge < -0.3 is 0 Å². The van der Waals surface area contributed by atoms with Crippen LogP contribution in [0.2, 0.25) is 0 Å². The van der Waals surface area contributed by atoms with E-state index >= 15 is 0 Å². The van der Waals surface area contributed by atoms with Gasteiger partial charge in [-0.3, -0.25) is 9.67 Å². The van der Waals surface area contributed by atoms with Crippen molar-refractivity contribution in [2.45, 2.75) is 11.4 Å². The van der Waals surface area contributed by atoms with Crippen LogP contribution in [-0.4, -0.2) is 23.2 Å². The lowest BCUT2D eigenvalue weighted by Gasteiger charge is -2.10. The Balaban J connectivity index is 1.85. The van der Waals surface area contributed by atoms with Crippen molar-refractivity contribution in [1.29, 1.82) is 0 Å². The van der Waals surface area contributed by atoms with Gasteiger partial charge in [0.25, 0.3) is 0 Å². The molecule has 25 heavy (non-hydrogen) atoms. The van der Waals surface area contributed by atoms with Gasteiger partial charge in [-0.05, 0) is 29.8 Å². The molecule has 9 heteroatoms. The molecule has 1 aromatic carbocycles. The Bertz CT molecular complexity index is 1020. The predicted molar refractivity (Wildman–Crippen MR) is 86.8 cm³/mol. The normalized spacial score (nSPS) is 11.6. The van der Waals surface area contributed by atoms with Crippen molar-refractivity contribution in [2.75, 3.05) is 0 Å². The van der Waals surface area contributed by atoms with Gasteiger partial charge in [-0.2, -0.15) is 5.10 Å². The third kappa shape index (κ3) is 3.72. The van der Waals surface area contributed by atoms with Crippen LogP contribution in [0.4, 0.5) is 8.78 Å². The van der Waals surface area contributed by atoms with Crippen LogP contribution in [0.15, 0.2) is 53.8 Å². The number of rotatable bonds is 5. The van der Waals surface area contributed by atoms with Crippen LogP contribution < -0.4 is 4.72 Å². The van der Waals surface area contributed by atoms with Crippen LogP contribution in [-0.2, 0) is 23.6 Å². The molecule has 0 amide bonds. The van der Waals surface area contributed by atoms with E-state index in [9.17, 15) is 17.2 Å². The maximum atomic E-state index is 13.3. The van der Waals surface area contributed by atoms with Crippen LogP contribution in [0.1, 0.15) is 5.56 Å². The average Bonchev–Trinajstić information content (AvgIpc) is 3.02. The lowest BCUT2D eigenvalue weighted by molar-refractivity contribution is 0.504. The zero-order valence-electron chi connectivity index (χ0n) is 13.1. The van der Waals surface area contributed by atoms with Gasteiger partial charge in [0.1, 0.15) is 0 Å². The molecule has 0 aliphatic rings. The molecule has 130 valence electrons. The summed E-state index contributed by atoms with van der Waals surface area (Å²) in [6.07, 6.45) is 4.97. The topological polar surface area (TPSA) is 76.9 Å². The van der Waals surface area contributed by atoms with E-state index in [0.717, 1.165) is 17.7 Å². The molecule has 0 fully saturated rings. The molecule has 1 N–H and O–H groups in total. The highest BCUT2D eigenvalue weighted by atomic mass is 32.2. The minimum Gasteiger partial charge on any atom is -0.275 e. The van der Waals surface area contributed by atoms with E-state index in [1.54, 1.807) is 42.5 Å². The van der Waals surface area contributed by atoms with Crippen LogP contribution in [0.25, 0.3) is 11.3 Å². The van der Waals surface area contributed by atoms with Crippen LogP contribution in [0, 0.1) is 11.6 Å². The molecule has 6 nitrogen and oxygen atoms in total. The number of aryl methyl sites for hydroxylation is 1. The molecule has 0 saturated carbocycles. The Morgan fingerprint density at radius 2 is 2.00 bits per heavy atom. The van der Waals surface area contributed by atoms with E-state index in [1.807, 2.05) is 0 Å². The highest BCUT2D eigenvalue weighted by Crippen LogP contribution is 2.21. The van der Waals surface area contributed by atoms with E-state index in [1.165, 1.54) is 0 Å². The summed E-state index contributed by atoms with van der Waals surface area (Å²) >= 11 is 0. The molecule has 0 atom stereocenters. The highest BCUT2D eigenvalue weighted by molar-refractivity contribution is 7.89. The molecule has 0 saturated heterocycles. The summed E-state index contributed by atoms with van der Waals surface area (Å²) in [7, 11) is -2.23. The summed E-state index contributed by atoms with van der Waals surface area (Å²) in [5.41, 5.74) is 1.95. The first-order chi connectivity index (χ1) is 11.9. The average molecular weight is 364 g/mol. The van der Waals surface area contributed by atoms with Gasteiger partial charge in [0, 0.05) is 31.5 Å². The van der Waals surface area contributed by atoms with E-state index < -0.39 is 21.7 Å². The Morgan fingerprint density at radius 1 is 1.20 bits per heavy atom. The van der Waals surface area contributed by atoms with Crippen LogP contribution >= 0.6 is 0 Å². The van der Waals surface area contributed by atoms with E-state index in [-0.39, 0.29) is 11.4 Å². The summed E-state index contributed by atoms with van der Waals surface area (Å²) in [6.45, 7) is -0.0562. The fraction of sp³-hybridized carbons (Fsp3) is 0.125. The zero-order valence-corrected chi connectivity index (χ0v) is 14.0. The maximum absolute atomic E-state index is 13.3.